The highest BCUT2D eigenvalue weighted by Crippen LogP contribution is 2.39. The first kappa shape index (κ1) is 12.5. The van der Waals surface area contributed by atoms with Crippen molar-refractivity contribution in [3.8, 4) is 16.9 Å². The number of hydrogen-bond donors (Lipinski definition) is 1. The van der Waals surface area contributed by atoms with Crippen molar-refractivity contribution in [1.29, 1.82) is 0 Å². The van der Waals surface area contributed by atoms with Gasteiger partial charge in [0.2, 0.25) is 0 Å². The Bertz CT molecular complexity index is 880. The molecule has 0 unspecified atom stereocenters. The zero-order valence-electron chi connectivity index (χ0n) is 11.0. The van der Waals surface area contributed by atoms with E-state index in [2.05, 4.69) is 11.2 Å². The number of nitrogens with zero attached hydrogens (tertiary/aromatic N) is 1. The molecule has 0 amide bonds. The number of thioether (sulfide) groups is 1. The summed E-state index contributed by atoms with van der Waals surface area (Å²) in [6.45, 7) is 0. The van der Waals surface area contributed by atoms with Gasteiger partial charge in [0.05, 0.1) is 16.9 Å². The van der Waals surface area contributed by atoms with E-state index in [1.54, 1.807) is 23.9 Å². The van der Waals surface area contributed by atoms with Crippen molar-refractivity contribution in [2.24, 2.45) is 0 Å². The van der Waals surface area contributed by atoms with E-state index < -0.39 is 0 Å². The summed E-state index contributed by atoms with van der Waals surface area (Å²) in [5.74, 6) is 0.333. The van der Waals surface area contributed by atoms with E-state index in [4.69, 9.17) is 0 Å². The first-order valence-electron chi connectivity index (χ1n) is 6.56. The number of fused-ring (bicyclic) bond motifs is 3. The predicted molar refractivity (Wildman–Crippen MR) is 81.3 cm³/mol. The summed E-state index contributed by atoms with van der Waals surface area (Å²) in [6, 6.07) is 13.9. The second-order valence-corrected chi connectivity index (χ2v) is 5.88. The summed E-state index contributed by atoms with van der Waals surface area (Å²) in [6.07, 6.45) is 0. The average Bonchev–Trinajstić information content (AvgIpc) is 2.86. The minimum atomic E-state index is -0.316. The fraction of sp³-hybridized carbons (Fsp3) is 0.0625. The molecule has 3 nitrogen and oxygen atoms in total. The molecule has 1 aliphatic rings. The third-order valence-corrected chi connectivity index (χ3v) is 4.70. The number of rotatable bonds is 1. The van der Waals surface area contributed by atoms with Crippen molar-refractivity contribution < 1.29 is 4.39 Å². The highest BCUT2D eigenvalue weighted by Gasteiger charge is 2.23. The van der Waals surface area contributed by atoms with E-state index in [0.717, 1.165) is 21.7 Å². The molecule has 104 valence electrons. The molecule has 5 heteroatoms. The lowest BCUT2D eigenvalue weighted by atomic mass is 10.1. The second kappa shape index (κ2) is 4.63. The van der Waals surface area contributed by atoms with E-state index in [-0.39, 0.29) is 11.4 Å². The van der Waals surface area contributed by atoms with E-state index in [9.17, 15) is 9.18 Å². The largest absolute Gasteiger partial charge is 0.290 e. The maximum Gasteiger partial charge on any atom is 0.275 e. The van der Waals surface area contributed by atoms with Crippen LogP contribution in [0.4, 0.5) is 4.39 Å². The lowest BCUT2D eigenvalue weighted by Gasteiger charge is -2.13. The van der Waals surface area contributed by atoms with Crippen molar-refractivity contribution in [2.75, 3.05) is 0 Å². The Balaban J connectivity index is 1.93. The van der Waals surface area contributed by atoms with Crippen molar-refractivity contribution in [3.63, 3.8) is 0 Å². The van der Waals surface area contributed by atoms with Crippen LogP contribution in [0.3, 0.4) is 0 Å². The number of aromatic nitrogens is 2. The topological polar surface area (TPSA) is 37.8 Å². The van der Waals surface area contributed by atoms with Crippen LogP contribution in [-0.4, -0.2) is 9.78 Å². The molecule has 21 heavy (non-hydrogen) atoms. The lowest BCUT2D eigenvalue weighted by Crippen LogP contribution is -2.17. The van der Waals surface area contributed by atoms with Gasteiger partial charge in [-0.25, -0.2) is 9.07 Å². The highest BCUT2D eigenvalue weighted by molar-refractivity contribution is 7.98. The molecule has 0 aliphatic carbocycles. The van der Waals surface area contributed by atoms with Gasteiger partial charge in [0.15, 0.2) is 0 Å². The zero-order chi connectivity index (χ0) is 14.4. The van der Waals surface area contributed by atoms with Gasteiger partial charge in [0, 0.05) is 16.2 Å². The Kier molecular flexibility index (Phi) is 2.75. The van der Waals surface area contributed by atoms with Crippen LogP contribution in [0.15, 0.2) is 58.2 Å². The Labute approximate surface area is 124 Å². The normalized spacial score (nSPS) is 12.8. The number of benzene rings is 2. The summed E-state index contributed by atoms with van der Waals surface area (Å²) in [7, 11) is 0. The Morgan fingerprint density at radius 3 is 2.67 bits per heavy atom. The average molecular weight is 298 g/mol. The van der Waals surface area contributed by atoms with Crippen molar-refractivity contribution in [2.45, 2.75) is 10.6 Å². The van der Waals surface area contributed by atoms with E-state index in [0.29, 0.717) is 11.4 Å². The molecule has 0 bridgehead atoms. The number of H-pyrrole nitrogens is 1. The van der Waals surface area contributed by atoms with Crippen LogP contribution in [0.5, 0.6) is 0 Å². The fourth-order valence-electron chi connectivity index (χ4n) is 2.55. The second-order valence-electron chi connectivity index (χ2n) is 4.87. The molecular formula is C16H11FN2OS. The Hall–Kier alpha value is -2.27. The van der Waals surface area contributed by atoms with E-state index in [1.807, 2.05) is 18.2 Å². The number of aromatic amines is 1. The highest BCUT2D eigenvalue weighted by atomic mass is 32.2. The quantitative estimate of drug-likeness (QED) is 0.745. The molecule has 0 radical (unpaired) electrons. The summed E-state index contributed by atoms with van der Waals surface area (Å²) in [4.78, 5) is 13.7. The Morgan fingerprint density at radius 1 is 1.10 bits per heavy atom. The van der Waals surface area contributed by atoms with Gasteiger partial charge in [-0.05, 0) is 30.3 Å². The summed E-state index contributed by atoms with van der Waals surface area (Å²) in [5, 5.41) is 3.16. The van der Waals surface area contributed by atoms with Crippen molar-refractivity contribution in [3.05, 3.63) is 70.3 Å². The summed E-state index contributed by atoms with van der Waals surface area (Å²) >= 11 is 1.66. The smallest absolute Gasteiger partial charge is 0.275 e. The van der Waals surface area contributed by atoms with Crippen LogP contribution in [0.1, 0.15) is 5.56 Å². The third-order valence-electron chi connectivity index (χ3n) is 3.60. The van der Waals surface area contributed by atoms with Crippen molar-refractivity contribution >= 4 is 11.8 Å². The maximum atomic E-state index is 13.0. The molecule has 3 aromatic rings. The van der Waals surface area contributed by atoms with Gasteiger partial charge in [-0.2, -0.15) is 0 Å². The van der Waals surface area contributed by atoms with Crippen LogP contribution in [-0.2, 0) is 5.75 Å². The molecule has 0 fully saturated rings. The minimum absolute atomic E-state index is 0.0707. The molecule has 2 aromatic carbocycles. The Morgan fingerprint density at radius 2 is 1.86 bits per heavy atom. The van der Waals surface area contributed by atoms with Gasteiger partial charge in [-0.1, -0.05) is 18.2 Å². The van der Waals surface area contributed by atoms with Crippen LogP contribution in [0.2, 0.25) is 0 Å². The van der Waals surface area contributed by atoms with Gasteiger partial charge in [-0.15, -0.1) is 11.8 Å². The van der Waals surface area contributed by atoms with Gasteiger partial charge in [0.25, 0.3) is 5.56 Å². The van der Waals surface area contributed by atoms with Crippen LogP contribution >= 0.6 is 11.8 Å². The number of nitrogens with one attached hydrogen (secondary N) is 1. The van der Waals surface area contributed by atoms with Crippen LogP contribution in [0, 0.1) is 5.82 Å². The van der Waals surface area contributed by atoms with Crippen LogP contribution in [0.25, 0.3) is 16.9 Å². The molecule has 0 saturated heterocycles. The van der Waals surface area contributed by atoms with Gasteiger partial charge >= 0.3 is 0 Å². The standard InChI is InChI=1S/C16H11FN2OS/c17-10-5-7-11(8-6-10)19-16(20)13-9-21-14-4-2-1-3-12(14)15(13)18-19/h1-8,18H,9H2. The molecule has 2 heterocycles. The molecule has 1 aromatic heterocycles. The minimum Gasteiger partial charge on any atom is -0.290 e. The molecule has 1 aliphatic heterocycles. The molecular weight excluding hydrogens is 287 g/mol. The maximum absolute atomic E-state index is 13.0. The molecule has 0 spiro atoms. The van der Waals surface area contributed by atoms with E-state index in [1.165, 1.54) is 16.8 Å². The fourth-order valence-corrected chi connectivity index (χ4v) is 3.62. The first-order valence-corrected chi connectivity index (χ1v) is 7.54. The molecule has 0 atom stereocenters. The first-order chi connectivity index (χ1) is 10.2. The zero-order valence-corrected chi connectivity index (χ0v) is 11.8. The van der Waals surface area contributed by atoms with Gasteiger partial charge in [-0.3, -0.25) is 9.89 Å². The monoisotopic (exact) mass is 298 g/mol. The molecule has 4 rings (SSSR count). The van der Waals surface area contributed by atoms with Gasteiger partial charge < -0.3 is 0 Å². The summed E-state index contributed by atoms with van der Waals surface area (Å²) in [5.41, 5.74) is 3.24. The molecule has 0 saturated carbocycles. The number of hydrogen-bond acceptors (Lipinski definition) is 2. The van der Waals surface area contributed by atoms with E-state index >= 15 is 0 Å². The third kappa shape index (κ3) is 1.93. The van der Waals surface area contributed by atoms with Crippen molar-refractivity contribution in [1.82, 2.24) is 9.78 Å². The molecule has 1 N–H and O–H groups in total. The predicted octanol–water partition coefficient (Wildman–Crippen LogP) is 3.58. The number of halogens is 1. The summed E-state index contributed by atoms with van der Waals surface area (Å²) < 4.78 is 14.5. The lowest BCUT2D eigenvalue weighted by molar-refractivity contribution is 0.627. The SMILES string of the molecule is O=c1c2c([nH]n1-c1ccc(F)cc1)-c1ccccc1SC2. The van der Waals surface area contributed by atoms with Gasteiger partial charge in [0.1, 0.15) is 5.82 Å². The van der Waals surface area contributed by atoms with Crippen LogP contribution < -0.4 is 5.56 Å².